The lowest BCUT2D eigenvalue weighted by Gasteiger charge is -2.38. The Balaban J connectivity index is 2.53. The van der Waals surface area contributed by atoms with E-state index in [0.29, 0.717) is 11.7 Å². The van der Waals surface area contributed by atoms with Crippen molar-refractivity contribution in [3.05, 3.63) is 0 Å². The van der Waals surface area contributed by atoms with Crippen LogP contribution in [-0.4, -0.2) is 45.9 Å². The predicted molar refractivity (Wildman–Crippen MR) is 75.1 cm³/mol. The van der Waals surface area contributed by atoms with Gasteiger partial charge < -0.3 is 15.5 Å². The van der Waals surface area contributed by atoms with Crippen LogP contribution in [0.1, 0.15) is 45.4 Å². The summed E-state index contributed by atoms with van der Waals surface area (Å²) in [6, 6.07) is 0. The third kappa shape index (κ3) is 4.44. The molecular formula is C13H25NO3S. The first-order chi connectivity index (χ1) is 8.64. The van der Waals surface area contributed by atoms with Gasteiger partial charge in [0.15, 0.2) is 0 Å². The summed E-state index contributed by atoms with van der Waals surface area (Å²) in [6.45, 7) is 3.04. The van der Waals surface area contributed by atoms with E-state index < -0.39 is 11.5 Å². The van der Waals surface area contributed by atoms with Crippen LogP contribution in [0.5, 0.6) is 0 Å². The maximum Gasteiger partial charge on any atom is 0.323 e. The van der Waals surface area contributed by atoms with Gasteiger partial charge in [-0.05, 0) is 50.8 Å². The third-order valence-electron chi connectivity index (χ3n) is 3.48. The number of aliphatic hydroxyl groups excluding tert-OH is 1. The second-order valence-corrected chi connectivity index (χ2v) is 6.39. The second kappa shape index (κ2) is 8.02. The first-order valence-corrected chi connectivity index (χ1v) is 7.90. The number of rotatable bonds is 8. The first kappa shape index (κ1) is 15.8. The number of thioether (sulfide) groups is 1. The Morgan fingerprint density at radius 2 is 2.33 bits per heavy atom. The molecule has 1 saturated carbocycles. The van der Waals surface area contributed by atoms with Gasteiger partial charge in [-0.1, -0.05) is 6.92 Å². The highest BCUT2D eigenvalue weighted by Crippen LogP contribution is 2.35. The van der Waals surface area contributed by atoms with Crippen LogP contribution in [0.15, 0.2) is 0 Å². The van der Waals surface area contributed by atoms with Gasteiger partial charge >= 0.3 is 5.97 Å². The van der Waals surface area contributed by atoms with E-state index in [-0.39, 0.29) is 6.61 Å². The Kier molecular flexibility index (Phi) is 7.04. The van der Waals surface area contributed by atoms with Crippen LogP contribution in [0.4, 0.5) is 0 Å². The monoisotopic (exact) mass is 275 g/mol. The van der Waals surface area contributed by atoms with E-state index in [1.165, 1.54) is 0 Å². The lowest BCUT2D eigenvalue weighted by molar-refractivity contribution is -0.146. The van der Waals surface area contributed by atoms with E-state index in [1.54, 1.807) is 0 Å². The summed E-state index contributed by atoms with van der Waals surface area (Å²) >= 11 is 1.81. The summed E-state index contributed by atoms with van der Waals surface area (Å²) < 4.78 is 0. The molecule has 0 aromatic carbocycles. The smallest absolute Gasteiger partial charge is 0.323 e. The van der Waals surface area contributed by atoms with Gasteiger partial charge in [0.05, 0.1) is 0 Å². The molecule has 1 aliphatic rings. The van der Waals surface area contributed by atoms with E-state index in [9.17, 15) is 9.90 Å². The molecule has 0 radical (unpaired) electrons. The van der Waals surface area contributed by atoms with Crippen molar-refractivity contribution in [3.8, 4) is 0 Å². The molecule has 3 N–H and O–H groups in total. The molecular weight excluding hydrogens is 250 g/mol. The number of hydrogen-bond donors (Lipinski definition) is 3. The molecule has 0 saturated heterocycles. The molecule has 0 amide bonds. The average molecular weight is 275 g/mol. The highest BCUT2D eigenvalue weighted by atomic mass is 32.2. The number of carboxylic acid groups (broad SMARTS) is 1. The number of aliphatic carboxylic acids is 1. The van der Waals surface area contributed by atoms with Gasteiger partial charge in [0.2, 0.25) is 0 Å². The molecule has 4 nitrogen and oxygen atoms in total. The Morgan fingerprint density at radius 3 is 2.94 bits per heavy atom. The summed E-state index contributed by atoms with van der Waals surface area (Å²) in [5.41, 5.74) is -0.717. The van der Waals surface area contributed by atoms with Crippen molar-refractivity contribution in [2.45, 2.75) is 56.2 Å². The summed E-state index contributed by atoms with van der Waals surface area (Å²) in [6.07, 6.45) is 5.26. The van der Waals surface area contributed by atoms with E-state index in [2.05, 4.69) is 12.2 Å². The maximum absolute atomic E-state index is 11.5. The number of nitrogens with one attached hydrogen (secondary N) is 1. The molecule has 0 aromatic heterocycles. The van der Waals surface area contributed by atoms with E-state index in [1.807, 2.05) is 11.8 Å². The van der Waals surface area contributed by atoms with Crippen molar-refractivity contribution in [2.24, 2.45) is 0 Å². The third-order valence-corrected chi connectivity index (χ3v) is 4.88. The van der Waals surface area contributed by atoms with Crippen LogP contribution in [0, 0.1) is 0 Å². The minimum absolute atomic E-state index is 0.220. The van der Waals surface area contributed by atoms with Crippen molar-refractivity contribution in [1.29, 1.82) is 0 Å². The highest BCUT2D eigenvalue weighted by Gasteiger charge is 2.42. The van der Waals surface area contributed by atoms with Gasteiger partial charge in [-0.3, -0.25) is 4.79 Å². The summed E-state index contributed by atoms with van der Waals surface area (Å²) in [4.78, 5) is 11.5. The van der Waals surface area contributed by atoms with Crippen molar-refractivity contribution in [3.63, 3.8) is 0 Å². The van der Waals surface area contributed by atoms with E-state index in [4.69, 9.17) is 5.11 Å². The van der Waals surface area contributed by atoms with Crippen molar-refractivity contribution < 1.29 is 15.0 Å². The van der Waals surface area contributed by atoms with Crippen molar-refractivity contribution >= 4 is 17.7 Å². The van der Waals surface area contributed by atoms with Crippen LogP contribution in [0.3, 0.4) is 0 Å². The molecule has 5 heteroatoms. The van der Waals surface area contributed by atoms with Gasteiger partial charge in [0.1, 0.15) is 5.54 Å². The predicted octanol–water partition coefficient (Wildman–Crippen LogP) is 1.87. The molecule has 0 bridgehead atoms. The van der Waals surface area contributed by atoms with E-state index >= 15 is 0 Å². The Hall–Kier alpha value is -0.260. The number of hydrogen-bond acceptors (Lipinski definition) is 4. The average Bonchev–Trinajstić information content (AvgIpc) is 2.37. The zero-order valence-electron chi connectivity index (χ0n) is 11.2. The molecule has 2 atom stereocenters. The molecule has 0 aliphatic heterocycles. The molecule has 18 heavy (non-hydrogen) atoms. The van der Waals surface area contributed by atoms with Gasteiger partial charge in [-0.15, -0.1) is 0 Å². The quantitative estimate of drug-likeness (QED) is 0.590. The molecule has 2 unspecified atom stereocenters. The van der Waals surface area contributed by atoms with Crippen molar-refractivity contribution in [1.82, 2.24) is 5.32 Å². The minimum Gasteiger partial charge on any atom is -0.480 e. The SMILES string of the molecule is CCCNC1(C(=O)O)CCCC(SCCCO)C1. The summed E-state index contributed by atoms with van der Waals surface area (Å²) in [5, 5.41) is 21.9. The summed E-state index contributed by atoms with van der Waals surface area (Å²) in [5.74, 6) is 0.216. The Morgan fingerprint density at radius 1 is 1.56 bits per heavy atom. The molecule has 1 rings (SSSR count). The number of carbonyl (C=O) groups is 1. The van der Waals surface area contributed by atoms with Crippen molar-refractivity contribution in [2.75, 3.05) is 18.9 Å². The van der Waals surface area contributed by atoms with Crippen LogP contribution in [0.2, 0.25) is 0 Å². The fraction of sp³-hybridized carbons (Fsp3) is 0.923. The molecule has 0 aromatic rings. The van der Waals surface area contributed by atoms with Gasteiger partial charge in [0.25, 0.3) is 0 Å². The summed E-state index contributed by atoms with van der Waals surface area (Å²) in [7, 11) is 0. The highest BCUT2D eigenvalue weighted by molar-refractivity contribution is 7.99. The van der Waals surface area contributed by atoms with Crippen LogP contribution in [0.25, 0.3) is 0 Å². The van der Waals surface area contributed by atoms with E-state index in [0.717, 1.165) is 44.4 Å². The van der Waals surface area contributed by atoms with Crippen LogP contribution < -0.4 is 5.32 Å². The van der Waals surface area contributed by atoms with Crippen LogP contribution >= 0.6 is 11.8 Å². The lowest BCUT2D eigenvalue weighted by Crippen LogP contribution is -2.55. The van der Waals surface area contributed by atoms with Gasteiger partial charge in [0, 0.05) is 11.9 Å². The van der Waals surface area contributed by atoms with Crippen LogP contribution in [-0.2, 0) is 4.79 Å². The molecule has 0 heterocycles. The van der Waals surface area contributed by atoms with Gasteiger partial charge in [-0.2, -0.15) is 11.8 Å². The minimum atomic E-state index is -0.717. The Labute approximate surface area is 114 Å². The largest absolute Gasteiger partial charge is 0.480 e. The molecule has 1 aliphatic carbocycles. The number of carboxylic acids is 1. The molecule has 0 spiro atoms. The fourth-order valence-electron chi connectivity index (χ4n) is 2.48. The normalized spacial score (nSPS) is 28.2. The maximum atomic E-state index is 11.5. The van der Waals surface area contributed by atoms with Gasteiger partial charge in [-0.25, -0.2) is 0 Å². The zero-order valence-corrected chi connectivity index (χ0v) is 12.0. The second-order valence-electron chi connectivity index (χ2n) is 4.98. The Bertz CT molecular complexity index is 263. The molecule has 106 valence electrons. The lowest BCUT2D eigenvalue weighted by atomic mass is 9.81. The first-order valence-electron chi connectivity index (χ1n) is 6.85. The fourth-order valence-corrected chi connectivity index (χ4v) is 3.84. The number of aliphatic hydroxyl groups is 1. The molecule has 1 fully saturated rings. The topological polar surface area (TPSA) is 69.6 Å². The standard InChI is InChI=1S/C13H25NO3S/c1-2-7-14-13(12(16)17)6-3-5-11(10-13)18-9-4-8-15/h11,14-15H,2-10H2,1H3,(H,16,17). The zero-order chi connectivity index (χ0) is 13.4.